The van der Waals surface area contributed by atoms with Crippen LogP contribution in [-0.2, 0) is 22.5 Å². The van der Waals surface area contributed by atoms with Crippen molar-refractivity contribution in [3.63, 3.8) is 0 Å². The summed E-state index contributed by atoms with van der Waals surface area (Å²) in [5.41, 5.74) is 3.40. The minimum atomic E-state index is -0.433. The SMILES string of the molecule is CCn1c(C)cc(C(=O)COC(=O)[C@@H]2COc3ccc(Cl)cc3C2)c1C. The molecule has 3 rings (SSSR count). The number of aromatic nitrogens is 1. The van der Waals surface area contributed by atoms with Crippen LogP contribution >= 0.6 is 11.6 Å². The van der Waals surface area contributed by atoms with Crippen molar-refractivity contribution >= 4 is 23.4 Å². The Morgan fingerprint density at radius 2 is 2.08 bits per heavy atom. The average Bonchev–Trinajstić information content (AvgIpc) is 2.92. The summed E-state index contributed by atoms with van der Waals surface area (Å²) in [5, 5.41) is 0.600. The second-order valence-corrected chi connectivity index (χ2v) is 6.96. The van der Waals surface area contributed by atoms with Crippen LogP contribution in [0.2, 0.25) is 5.02 Å². The van der Waals surface area contributed by atoms with E-state index in [2.05, 4.69) is 4.57 Å². The quantitative estimate of drug-likeness (QED) is 0.589. The third kappa shape index (κ3) is 3.63. The van der Waals surface area contributed by atoms with Gasteiger partial charge in [-0.25, -0.2) is 0 Å². The summed E-state index contributed by atoms with van der Waals surface area (Å²) >= 11 is 6.00. The summed E-state index contributed by atoms with van der Waals surface area (Å²) in [6.45, 7) is 6.67. The van der Waals surface area contributed by atoms with Crippen LogP contribution in [0.3, 0.4) is 0 Å². The number of halogens is 1. The zero-order valence-corrected chi connectivity index (χ0v) is 15.9. The Morgan fingerprint density at radius 3 is 2.77 bits per heavy atom. The molecule has 2 aromatic rings. The normalized spacial score (nSPS) is 15.9. The highest BCUT2D eigenvalue weighted by Gasteiger charge is 2.28. The molecular formula is C20H22ClNO4. The Kier molecular flexibility index (Phi) is 5.37. The zero-order valence-electron chi connectivity index (χ0n) is 15.2. The predicted octanol–water partition coefficient (Wildman–Crippen LogP) is 3.76. The second kappa shape index (κ2) is 7.54. The number of benzene rings is 1. The van der Waals surface area contributed by atoms with E-state index in [1.807, 2.05) is 26.8 Å². The van der Waals surface area contributed by atoms with Gasteiger partial charge in [-0.3, -0.25) is 9.59 Å². The summed E-state index contributed by atoms with van der Waals surface area (Å²) in [6.07, 6.45) is 0.493. The molecule has 1 aromatic heterocycles. The number of ether oxygens (including phenoxy) is 2. The Balaban J connectivity index is 1.62. The minimum Gasteiger partial charge on any atom is -0.492 e. The van der Waals surface area contributed by atoms with E-state index in [0.29, 0.717) is 17.0 Å². The molecule has 2 heterocycles. The third-order valence-corrected chi connectivity index (χ3v) is 5.03. The van der Waals surface area contributed by atoms with Crippen molar-refractivity contribution in [2.24, 2.45) is 5.92 Å². The van der Waals surface area contributed by atoms with E-state index in [1.165, 1.54) is 0 Å². The standard InChI is InChI=1S/C20H22ClNO4/c1-4-22-12(2)7-17(13(22)3)18(23)11-26-20(24)15-8-14-9-16(21)5-6-19(14)25-10-15/h5-7,9,15H,4,8,10-11H2,1-3H3/t15-/m0/s1. The molecule has 0 fully saturated rings. The van der Waals surface area contributed by atoms with E-state index in [4.69, 9.17) is 21.1 Å². The van der Waals surface area contributed by atoms with Gasteiger partial charge in [-0.1, -0.05) is 11.6 Å². The van der Waals surface area contributed by atoms with Crippen molar-refractivity contribution < 1.29 is 19.1 Å². The van der Waals surface area contributed by atoms with Crippen LogP contribution in [0.25, 0.3) is 0 Å². The molecule has 0 radical (unpaired) electrons. The number of Topliss-reactive ketones (excluding diaryl/α,β-unsaturated/α-hetero) is 1. The van der Waals surface area contributed by atoms with Gasteiger partial charge in [-0.2, -0.15) is 0 Å². The summed E-state index contributed by atoms with van der Waals surface area (Å²) in [5.74, 6) is -0.307. The van der Waals surface area contributed by atoms with E-state index in [0.717, 1.165) is 29.2 Å². The summed E-state index contributed by atoms with van der Waals surface area (Å²) < 4.78 is 12.9. The van der Waals surface area contributed by atoms with Gasteiger partial charge in [0.2, 0.25) is 5.78 Å². The summed E-state index contributed by atoms with van der Waals surface area (Å²) in [4.78, 5) is 24.8. The highest BCUT2D eigenvalue weighted by Crippen LogP contribution is 2.30. The highest BCUT2D eigenvalue weighted by molar-refractivity contribution is 6.30. The maximum Gasteiger partial charge on any atom is 0.313 e. The van der Waals surface area contributed by atoms with Crippen molar-refractivity contribution in [3.05, 3.63) is 51.8 Å². The average molecular weight is 376 g/mol. The first-order valence-corrected chi connectivity index (χ1v) is 9.06. The molecule has 1 aromatic carbocycles. The first kappa shape index (κ1) is 18.5. The number of aryl methyl sites for hydroxylation is 1. The zero-order chi connectivity index (χ0) is 18.8. The molecule has 5 nitrogen and oxygen atoms in total. The lowest BCUT2D eigenvalue weighted by atomic mass is 9.97. The largest absolute Gasteiger partial charge is 0.492 e. The van der Waals surface area contributed by atoms with Crippen LogP contribution in [-0.4, -0.2) is 29.5 Å². The van der Waals surface area contributed by atoms with Gasteiger partial charge in [0, 0.05) is 28.5 Å². The fourth-order valence-electron chi connectivity index (χ4n) is 3.42. The lowest BCUT2D eigenvalue weighted by Gasteiger charge is -2.24. The van der Waals surface area contributed by atoms with Gasteiger partial charge in [0.25, 0.3) is 0 Å². The minimum absolute atomic E-state index is 0.189. The molecular weight excluding hydrogens is 354 g/mol. The third-order valence-electron chi connectivity index (χ3n) is 4.80. The number of carbonyl (C=O) groups is 2. The van der Waals surface area contributed by atoms with E-state index < -0.39 is 11.9 Å². The molecule has 0 bridgehead atoms. The lowest BCUT2D eigenvalue weighted by molar-refractivity contribution is -0.148. The van der Waals surface area contributed by atoms with Crippen molar-refractivity contribution in [3.8, 4) is 5.75 Å². The van der Waals surface area contributed by atoms with Crippen molar-refractivity contribution in [2.75, 3.05) is 13.2 Å². The molecule has 0 saturated heterocycles. The molecule has 0 spiro atoms. The van der Waals surface area contributed by atoms with Gasteiger partial charge in [-0.05, 0) is 57.0 Å². The van der Waals surface area contributed by atoms with Crippen LogP contribution in [0.1, 0.15) is 34.2 Å². The first-order chi connectivity index (χ1) is 12.4. The number of hydrogen-bond donors (Lipinski definition) is 0. The summed E-state index contributed by atoms with van der Waals surface area (Å²) in [6, 6.07) is 7.19. The Labute approximate surface area is 157 Å². The molecule has 6 heteroatoms. The van der Waals surface area contributed by atoms with Crippen molar-refractivity contribution in [1.29, 1.82) is 0 Å². The predicted molar refractivity (Wildman–Crippen MR) is 99.0 cm³/mol. The van der Waals surface area contributed by atoms with Crippen molar-refractivity contribution in [1.82, 2.24) is 4.57 Å². The van der Waals surface area contributed by atoms with Gasteiger partial charge in [-0.15, -0.1) is 0 Å². The smallest absolute Gasteiger partial charge is 0.313 e. The number of rotatable bonds is 5. The van der Waals surface area contributed by atoms with Gasteiger partial charge in [0.05, 0.1) is 5.92 Å². The van der Waals surface area contributed by atoms with Gasteiger partial charge in [0.15, 0.2) is 6.61 Å². The highest BCUT2D eigenvalue weighted by atomic mass is 35.5. The fourth-order valence-corrected chi connectivity index (χ4v) is 3.61. The number of ketones is 1. The fraction of sp³-hybridized carbons (Fsp3) is 0.400. The Hall–Kier alpha value is -2.27. The van der Waals surface area contributed by atoms with Gasteiger partial charge in [0.1, 0.15) is 12.4 Å². The number of esters is 1. The molecule has 0 amide bonds. The number of carbonyl (C=O) groups excluding carboxylic acids is 2. The van der Waals surface area contributed by atoms with E-state index in [-0.39, 0.29) is 19.0 Å². The molecule has 26 heavy (non-hydrogen) atoms. The maximum absolute atomic E-state index is 12.4. The number of fused-ring (bicyclic) bond motifs is 1. The Morgan fingerprint density at radius 1 is 1.31 bits per heavy atom. The van der Waals surface area contributed by atoms with Gasteiger partial charge >= 0.3 is 5.97 Å². The molecule has 1 atom stereocenters. The number of hydrogen-bond acceptors (Lipinski definition) is 4. The van der Waals surface area contributed by atoms with Crippen molar-refractivity contribution in [2.45, 2.75) is 33.7 Å². The molecule has 1 aliphatic heterocycles. The monoisotopic (exact) mass is 375 g/mol. The maximum atomic E-state index is 12.4. The van der Waals surface area contributed by atoms with Crippen LogP contribution in [0.5, 0.6) is 5.75 Å². The molecule has 0 aliphatic carbocycles. The first-order valence-electron chi connectivity index (χ1n) is 8.68. The van der Waals surface area contributed by atoms with Crippen LogP contribution in [0.4, 0.5) is 0 Å². The molecule has 0 saturated carbocycles. The van der Waals surface area contributed by atoms with Crippen LogP contribution < -0.4 is 4.74 Å². The van der Waals surface area contributed by atoms with E-state index >= 15 is 0 Å². The number of nitrogens with zero attached hydrogens (tertiary/aromatic N) is 1. The van der Waals surface area contributed by atoms with Gasteiger partial charge < -0.3 is 14.0 Å². The lowest BCUT2D eigenvalue weighted by Crippen LogP contribution is -2.31. The topological polar surface area (TPSA) is 57.5 Å². The molecule has 1 aliphatic rings. The molecule has 138 valence electrons. The van der Waals surface area contributed by atoms with Crippen LogP contribution in [0, 0.1) is 19.8 Å². The summed E-state index contributed by atoms with van der Waals surface area (Å²) in [7, 11) is 0. The van der Waals surface area contributed by atoms with E-state index in [1.54, 1.807) is 18.2 Å². The molecule has 0 N–H and O–H groups in total. The molecule has 0 unspecified atom stereocenters. The Bertz CT molecular complexity index is 856. The van der Waals surface area contributed by atoms with Crippen LogP contribution in [0.15, 0.2) is 24.3 Å². The van der Waals surface area contributed by atoms with E-state index in [9.17, 15) is 9.59 Å². The second-order valence-electron chi connectivity index (χ2n) is 6.52.